The maximum Gasteiger partial charge on any atom is 0.335 e. The van der Waals surface area contributed by atoms with Gasteiger partial charge >= 0.3 is 5.97 Å². The molecule has 1 aliphatic carbocycles. The van der Waals surface area contributed by atoms with Crippen molar-refractivity contribution in [2.75, 3.05) is 6.54 Å². The highest BCUT2D eigenvalue weighted by Crippen LogP contribution is 2.48. The van der Waals surface area contributed by atoms with Crippen molar-refractivity contribution in [1.29, 1.82) is 0 Å². The molecular formula is C31H26FNO4. The smallest absolute Gasteiger partial charge is 0.335 e. The maximum atomic E-state index is 13.9. The third kappa shape index (κ3) is 5.86. The van der Waals surface area contributed by atoms with E-state index in [1.54, 1.807) is 66.7 Å². The zero-order valence-electron chi connectivity index (χ0n) is 20.1. The lowest BCUT2D eigenvalue weighted by Crippen LogP contribution is -2.32. The summed E-state index contributed by atoms with van der Waals surface area (Å²) in [5.41, 5.74) is 2.84. The van der Waals surface area contributed by atoms with Crippen molar-refractivity contribution < 1.29 is 23.8 Å². The average molecular weight is 496 g/mol. The normalized spacial score (nSPS) is 16.1. The van der Waals surface area contributed by atoms with E-state index in [1.807, 2.05) is 23.1 Å². The minimum Gasteiger partial charge on any atom is -0.478 e. The summed E-state index contributed by atoms with van der Waals surface area (Å²) < 4.78 is 19.5. The van der Waals surface area contributed by atoms with Crippen LogP contribution in [0.1, 0.15) is 44.2 Å². The molecule has 4 aromatic carbocycles. The molecule has 2 atom stereocenters. The van der Waals surface area contributed by atoms with Gasteiger partial charge in [0.1, 0.15) is 5.75 Å². The number of hydrogen-bond acceptors (Lipinski definition) is 3. The first kappa shape index (κ1) is 24.3. The largest absolute Gasteiger partial charge is 0.478 e. The van der Waals surface area contributed by atoms with E-state index in [-0.39, 0.29) is 17.2 Å². The molecule has 4 aromatic rings. The number of hydrogen-bond donors (Lipinski definition) is 1. The number of nitrogens with zero attached hydrogens (tertiary/aromatic N) is 1. The van der Waals surface area contributed by atoms with Gasteiger partial charge < -0.3 is 14.7 Å². The van der Waals surface area contributed by atoms with Crippen molar-refractivity contribution in [1.82, 2.24) is 4.90 Å². The van der Waals surface area contributed by atoms with Gasteiger partial charge in [0, 0.05) is 18.7 Å². The van der Waals surface area contributed by atoms with E-state index in [9.17, 15) is 19.1 Å². The standard InChI is InChI=1S/C31H26FNO4/c32-28-8-4-5-9-29(28)37-26-16-14-23(15-17-26)30(34)33(19-21-10-12-24(13-11-21)31(35)36)20-25-18-27(25)22-6-2-1-3-7-22/h1-17,25,27H,18-20H2,(H,35,36). The summed E-state index contributed by atoms with van der Waals surface area (Å²) in [7, 11) is 0. The fourth-order valence-corrected chi connectivity index (χ4v) is 4.54. The van der Waals surface area contributed by atoms with Crippen LogP contribution in [0, 0.1) is 11.7 Å². The van der Waals surface area contributed by atoms with E-state index >= 15 is 0 Å². The molecule has 2 unspecified atom stereocenters. The Morgan fingerprint density at radius 1 is 0.838 bits per heavy atom. The number of aromatic carboxylic acids is 1. The number of para-hydroxylation sites is 1. The number of halogens is 1. The van der Waals surface area contributed by atoms with Crippen LogP contribution in [0.3, 0.4) is 0 Å². The molecule has 0 heterocycles. The van der Waals surface area contributed by atoms with Gasteiger partial charge in [-0.05, 0) is 77.9 Å². The summed E-state index contributed by atoms with van der Waals surface area (Å²) in [6.07, 6.45) is 1.02. The summed E-state index contributed by atoms with van der Waals surface area (Å²) in [5, 5.41) is 9.19. The fourth-order valence-electron chi connectivity index (χ4n) is 4.54. The minimum atomic E-state index is -0.985. The number of benzene rings is 4. The maximum absolute atomic E-state index is 13.9. The van der Waals surface area contributed by atoms with Gasteiger partial charge in [-0.25, -0.2) is 9.18 Å². The molecule has 5 rings (SSSR count). The van der Waals surface area contributed by atoms with E-state index < -0.39 is 11.8 Å². The van der Waals surface area contributed by atoms with Crippen LogP contribution >= 0.6 is 0 Å². The Morgan fingerprint density at radius 2 is 1.49 bits per heavy atom. The SMILES string of the molecule is O=C(O)c1ccc(CN(CC2CC2c2ccccc2)C(=O)c2ccc(Oc3ccccc3F)cc2)cc1. The zero-order chi connectivity index (χ0) is 25.8. The Hall–Kier alpha value is -4.45. The average Bonchev–Trinajstić information content (AvgIpc) is 3.70. The molecule has 1 aliphatic rings. The number of ether oxygens (including phenoxy) is 1. The van der Waals surface area contributed by atoms with Gasteiger partial charge in [-0.2, -0.15) is 0 Å². The fraction of sp³-hybridized carbons (Fsp3) is 0.161. The molecule has 0 aliphatic heterocycles. The first-order valence-electron chi connectivity index (χ1n) is 12.2. The third-order valence-electron chi connectivity index (χ3n) is 6.63. The van der Waals surface area contributed by atoms with Gasteiger partial charge in [0.05, 0.1) is 5.56 Å². The van der Waals surface area contributed by atoms with Crippen LogP contribution in [-0.4, -0.2) is 28.4 Å². The van der Waals surface area contributed by atoms with Crippen LogP contribution in [0.5, 0.6) is 11.5 Å². The van der Waals surface area contributed by atoms with Gasteiger partial charge in [-0.15, -0.1) is 0 Å². The Morgan fingerprint density at radius 3 is 2.16 bits per heavy atom. The van der Waals surface area contributed by atoms with E-state index in [0.29, 0.717) is 36.2 Å². The Kier molecular flexibility index (Phi) is 6.99. The highest BCUT2D eigenvalue weighted by Gasteiger charge is 2.40. The molecule has 37 heavy (non-hydrogen) atoms. The second-order valence-electron chi connectivity index (χ2n) is 9.26. The minimum absolute atomic E-state index is 0.119. The van der Waals surface area contributed by atoms with Crippen molar-refractivity contribution in [2.24, 2.45) is 5.92 Å². The molecule has 0 spiro atoms. The van der Waals surface area contributed by atoms with Crippen LogP contribution < -0.4 is 4.74 Å². The first-order chi connectivity index (χ1) is 18.0. The van der Waals surface area contributed by atoms with Crippen molar-refractivity contribution in [3.8, 4) is 11.5 Å². The Bertz CT molecular complexity index is 1390. The molecule has 1 N–H and O–H groups in total. The molecular weight excluding hydrogens is 469 g/mol. The number of amides is 1. The van der Waals surface area contributed by atoms with Crippen LogP contribution in [0.2, 0.25) is 0 Å². The summed E-state index contributed by atoms with van der Waals surface area (Å²) in [6, 6.07) is 29.7. The second kappa shape index (κ2) is 10.7. The monoisotopic (exact) mass is 495 g/mol. The molecule has 5 nitrogen and oxygen atoms in total. The van der Waals surface area contributed by atoms with Gasteiger partial charge in [-0.1, -0.05) is 54.6 Å². The van der Waals surface area contributed by atoms with Crippen LogP contribution in [0.15, 0.2) is 103 Å². The summed E-state index contributed by atoms with van der Waals surface area (Å²) in [6.45, 7) is 0.955. The van der Waals surface area contributed by atoms with Gasteiger partial charge in [0.2, 0.25) is 0 Å². The van der Waals surface area contributed by atoms with E-state index in [4.69, 9.17) is 4.74 Å². The number of carbonyl (C=O) groups excluding carboxylic acids is 1. The predicted octanol–water partition coefficient (Wildman–Crippen LogP) is 6.76. The molecule has 0 aromatic heterocycles. The van der Waals surface area contributed by atoms with E-state index in [2.05, 4.69) is 12.1 Å². The third-order valence-corrected chi connectivity index (χ3v) is 6.63. The quantitative estimate of drug-likeness (QED) is 0.279. The number of carbonyl (C=O) groups is 2. The molecule has 186 valence electrons. The van der Waals surface area contributed by atoms with Crippen LogP contribution in [0.25, 0.3) is 0 Å². The Labute approximate surface area is 214 Å². The van der Waals surface area contributed by atoms with Crippen molar-refractivity contribution in [3.63, 3.8) is 0 Å². The number of carboxylic acids is 1. The summed E-state index contributed by atoms with van der Waals surface area (Å²) in [5.74, 6) is -0.243. The predicted molar refractivity (Wildman–Crippen MR) is 138 cm³/mol. The molecule has 1 amide bonds. The topological polar surface area (TPSA) is 66.8 Å². The van der Waals surface area contributed by atoms with Gasteiger partial charge in [0.25, 0.3) is 5.91 Å². The van der Waals surface area contributed by atoms with Gasteiger partial charge in [-0.3, -0.25) is 4.79 Å². The van der Waals surface area contributed by atoms with Crippen molar-refractivity contribution >= 4 is 11.9 Å². The first-order valence-corrected chi connectivity index (χ1v) is 12.2. The molecule has 0 radical (unpaired) electrons. The second-order valence-corrected chi connectivity index (χ2v) is 9.26. The number of carboxylic acid groups (broad SMARTS) is 1. The summed E-state index contributed by atoms with van der Waals surface area (Å²) >= 11 is 0. The van der Waals surface area contributed by atoms with Gasteiger partial charge in [0.15, 0.2) is 11.6 Å². The molecule has 0 bridgehead atoms. The highest BCUT2D eigenvalue weighted by molar-refractivity contribution is 5.94. The summed E-state index contributed by atoms with van der Waals surface area (Å²) in [4.78, 5) is 26.6. The lowest BCUT2D eigenvalue weighted by atomic mass is 10.1. The van der Waals surface area contributed by atoms with Crippen molar-refractivity contribution in [3.05, 3.63) is 131 Å². The molecule has 1 fully saturated rings. The number of rotatable bonds is 9. The van der Waals surface area contributed by atoms with E-state index in [1.165, 1.54) is 11.6 Å². The molecule has 1 saturated carbocycles. The van der Waals surface area contributed by atoms with E-state index in [0.717, 1.165) is 12.0 Å². The van der Waals surface area contributed by atoms with Crippen molar-refractivity contribution in [2.45, 2.75) is 18.9 Å². The van der Waals surface area contributed by atoms with Crippen LogP contribution in [0.4, 0.5) is 4.39 Å². The zero-order valence-corrected chi connectivity index (χ0v) is 20.1. The lowest BCUT2D eigenvalue weighted by molar-refractivity contribution is 0.0693. The lowest BCUT2D eigenvalue weighted by Gasteiger charge is -2.23. The molecule has 6 heteroatoms. The van der Waals surface area contributed by atoms with Crippen LogP contribution in [-0.2, 0) is 6.54 Å². The Balaban J connectivity index is 1.33. The highest BCUT2D eigenvalue weighted by atomic mass is 19.1. The molecule has 0 saturated heterocycles.